The molecule has 0 aliphatic heterocycles. The normalized spacial score (nSPS) is 16.1. The first kappa shape index (κ1) is 21.7. The van der Waals surface area contributed by atoms with E-state index in [-0.39, 0.29) is 22.9 Å². The van der Waals surface area contributed by atoms with Crippen LogP contribution < -0.4 is 0 Å². The molecule has 0 radical (unpaired) electrons. The van der Waals surface area contributed by atoms with Gasteiger partial charge in [0.05, 0.1) is 11.3 Å². The van der Waals surface area contributed by atoms with Crippen LogP contribution in [0.5, 0.6) is 0 Å². The van der Waals surface area contributed by atoms with Gasteiger partial charge in [0.15, 0.2) is 0 Å². The molecule has 0 aromatic heterocycles. The van der Waals surface area contributed by atoms with E-state index in [1.54, 1.807) is 6.92 Å². The van der Waals surface area contributed by atoms with Gasteiger partial charge in [0.25, 0.3) is 0 Å². The molecule has 0 atom stereocenters. The Morgan fingerprint density at radius 3 is 2.38 bits per heavy atom. The van der Waals surface area contributed by atoms with E-state index in [2.05, 4.69) is 17.3 Å². The predicted octanol–water partition coefficient (Wildman–Crippen LogP) is 7.74. The third-order valence-corrected chi connectivity index (χ3v) is 5.63. The number of benzene rings is 2. The summed E-state index contributed by atoms with van der Waals surface area (Å²) in [7, 11) is 0. The molecule has 29 heavy (non-hydrogen) atoms. The maximum atomic E-state index is 13.3. The zero-order chi connectivity index (χ0) is 20.9. The minimum atomic E-state index is -4.48. The van der Waals surface area contributed by atoms with E-state index in [1.807, 2.05) is 12.1 Å². The summed E-state index contributed by atoms with van der Waals surface area (Å²) in [5, 5.41) is 4.22. The predicted molar refractivity (Wildman–Crippen MR) is 110 cm³/mol. The van der Waals surface area contributed by atoms with E-state index >= 15 is 0 Å². The molecule has 0 saturated heterocycles. The fraction of sp³-hybridized carbons (Fsp3) is 0.435. The second kappa shape index (κ2) is 9.66. The molecule has 0 N–H and O–H groups in total. The van der Waals surface area contributed by atoms with Crippen molar-refractivity contribution in [1.82, 2.24) is 0 Å². The first-order chi connectivity index (χ1) is 13.9. The number of hydrogen-bond acceptors (Lipinski definition) is 2. The average molecular weight is 424 g/mol. The Balaban J connectivity index is 1.69. The summed E-state index contributed by atoms with van der Waals surface area (Å²) in [5.74, 6) is 0.632. The summed E-state index contributed by atoms with van der Waals surface area (Å²) < 4.78 is 39.9. The van der Waals surface area contributed by atoms with Crippen LogP contribution in [0.2, 0.25) is 5.02 Å². The highest BCUT2D eigenvalue weighted by Gasteiger charge is 2.34. The molecule has 156 valence electrons. The summed E-state index contributed by atoms with van der Waals surface area (Å²) in [6, 6.07) is 11.8. The number of halogens is 4. The second-order valence-electron chi connectivity index (χ2n) is 7.43. The number of nitrogens with zero attached hydrogens (tertiary/aromatic N) is 1. The summed E-state index contributed by atoms with van der Waals surface area (Å²) in [6.07, 6.45) is 2.18. The lowest BCUT2D eigenvalue weighted by Gasteiger charge is -2.22. The summed E-state index contributed by atoms with van der Waals surface area (Å²) in [6.45, 7) is 1.94. The van der Waals surface area contributed by atoms with Crippen LogP contribution in [0.25, 0.3) is 0 Å². The van der Waals surface area contributed by atoms with Crippen molar-refractivity contribution in [3.8, 4) is 0 Å². The van der Waals surface area contributed by atoms with Crippen LogP contribution in [0.15, 0.2) is 47.6 Å². The third kappa shape index (κ3) is 5.75. The smallest absolute Gasteiger partial charge is 0.391 e. The highest BCUT2D eigenvalue weighted by atomic mass is 35.5. The van der Waals surface area contributed by atoms with Crippen molar-refractivity contribution < 1.29 is 18.0 Å². The standard InChI is InChI=1S/C23H25ClF3NO/c1-2-22(20-14-19(24)12-13-21(20)23(25,26)27)28-29-15-16-8-10-18(11-9-16)17-6-4-3-5-7-17/h8-14,17H,2-7,15H2,1H3/b28-22+. The maximum Gasteiger partial charge on any atom is 0.417 e. The Labute approximate surface area is 174 Å². The highest BCUT2D eigenvalue weighted by Crippen LogP contribution is 2.34. The molecule has 2 aromatic carbocycles. The van der Waals surface area contributed by atoms with Crippen LogP contribution in [0, 0.1) is 0 Å². The lowest BCUT2D eigenvalue weighted by molar-refractivity contribution is -0.137. The van der Waals surface area contributed by atoms with Crippen LogP contribution in [-0.2, 0) is 17.6 Å². The molecule has 1 saturated carbocycles. The molecule has 6 heteroatoms. The number of rotatable bonds is 6. The van der Waals surface area contributed by atoms with E-state index < -0.39 is 11.7 Å². The molecule has 0 bridgehead atoms. The van der Waals surface area contributed by atoms with E-state index in [9.17, 15) is 13.2 Å². The van der Waals surface area contributed by atoms with Crippen LogP contribution in [0.4, 0.5) is 13.2 Å². The molecule has 1 aliphatic carbocycles. The highest BCUT2D eigenvalue weighted by molar-refractivity contribution is 6.31. The topological polar surface area (TPSA) is 21.6 Å². The van der Waals surface area contributed by atoms with E-state index in [1.165, 1.54) is 49.8 Å². The maximum absolute atomic E-state index is 13.3. The molecule has 2 nitrogen and oxygen atoms in total. The summed E-state index contributed by atoms with van der Waals surface area (Å²) >= 11 is 5.91. The Kier molecular flexibility index (Phi) is 7.23. The van der Waals surface area contributed by atoms with Gasteiger partial charge in [-0.2, -0.15) is 13.2 Å². The van der Waals surface area contributed by atoms with E-state index in [0.29, 0.717) is 12.3 Å². The van der Waals surface area contributed by atoms with Crippen molar-refractivity contribution in [3.63, 3.8) is 0 Å². The quantitative estimate of drug-likeness (QED) is 0.344. The van der Waals surface area contributed by atoms with Gasteiger partial charge in [0.1, 0.15) is 6.61 Å². The van der Waals surface area contributed by atoms with Gasteiger partial charge in [-0.3, -0.25) is 0 Å². The summed E-state index contributed by atoms with van der Waals surface area (Å²) in [5.41, 5.74) is 1.70. The Hall–Kier alpha value is -2.01. The molecular weight excluding hydrogens is 399 g/mol. The zero-order valence-corrected chi connectivity index (χ0v) is 17.2. The average Bonchev–Trinajstić information content (AvgIpc) is 2.71. The first-order valence-corrected chi connectivity index (χ1v) is 10.4. The van der Waals surface area contributed by atoms with Crippen LogP contribution in [-0.4, -0.2) is 5.71 Å². The first-order valence-electron chi connectivity index (χ1n) is 10.0. The SMILES string of the molecule is CC/C(=N\OCc1ccc(C2CCCCC2)cc1)c1cc(Cl)ccc1C(F)(F)F. The van der Waals surface area contributed by atoms with Crippen molar-refractivity contribution in [2.75, 3.05) is 0 Å². The Morgan fingerprint density at radius 2 is 1.76 bits per heavy atom. The molecule has 2 aromatic rings. The lowest BCUT2D eigenvalue weighted by Crippen LogP contribution is -2.13. The minimum Gasteiger partial charge on any atom is -0.391 e. The molecular formula is C23H25ClF3NO. The van der Waals surface area contributed by atoms with Crippen LogP contribution in [0.1, 0.15) is 73.6 Å². The van der Waals surface area contributed by atoms with Crippen molar-refractivity contribution in [2.24, 2.45) is 5.16 Å². The Morgan fingerprint density at radius 1 is 1.07 bits per heavy atom. The lowest BCUT2D eigenvalue weighted by atomic mass is 9.84. The second-order valence-corrected chi connectivity index (χ2v) is 7.87. The van der Waals surface area contributed by atoms with Crippen molar-refractivity contribution in [3.05, 3.63) is 69.7 Å². The van der Waals surface area contributed by atoms with Gasteiger partial charge in [-0.05, 0) is 54.5 Å². The monoisotopic (exact) mass is 423 g/mol. The van der Waals surface area contributed by atoms with Gasteiger partial charge in [-0.25, -0.2) is 0 Å². The van der Waals surface area contributed by atoms with Crippen LogP contribution >= 0.6 is 11.6 Å². The molecule has 1 fully saturated rings. The van der Waals surface area contributed by atoms with Gasteiger partial charge in [0.2, 0.25) is 0 Å². The van der Waals surface area contributed by atoms with Gasteiger partial charge in [-0.15, -0.1) is 0 Å². The third-order valence-electron chi connectivity index (χ3n) is 5.40. The molecule has 0 unspecified atom stereocenters. The fourth-order valence-electron chi connectivity index (χ4n) is 3.81. The molecule has 1 aliphatic rings. The van der Waals surface area contributed by atoms with Crippen molar-refractivity contribution in [2.45, 2.75) is 64.1 Å². The fourth-order valence-corrected chi connectivity index (χ4v) is 3.99. The van der Waals surface area contributed by atoms with E-state index in [0.717, 1.165) is 11.6 Å². The van der Waals surface area contributed by atoms with Crippen molar-refractivity contribution >= 4 is 17.3 Å². The molecule has 3 rings (SSSR count). The minimum absolute atomic E-state index is 0.0415. The van der Waals surface area contributed by atoms with Crippen LogP contribution in [0.3, 0.4) is 0 Å². The van der Waals surface area contributed by atoms with Gasteiger partial charge in [-0.1, -0.05) is 67.2 Å². The largest absolute Gasteiger partial charge is 0.417 e. The summed E-state index contributed by atoms with van der Waals surface area (Å²) in [4.78, 5) is 5.40. The number of alkyl halides is 3. The molecule has 0 amide bonds. The Bertz CT molecular complexity index is 840. The van der Waals surface area contributed by atoms with Crippen molar-refractivity contribution in [1.29, 1.82) is 0 Å². The molecule has 0 spiro atoms. The number of hydrogen-bond donors (Lipinski definition) is 0. The number of oxime groups is 1. The van der Waals surface area contributed by atoms with Gasteiger partial charge in [0, 0.05) is 10.6 Å². The van der Waals surface area contributed by atoms with Gasteiger partial charge >= 0.3 is 6.18 Å². The van der Waals surface area contributed by atoms with E-state index in [4.69, 9.17) is 16.4 Å². The molecule has 0 heterocycles. The van der Waals surface area contributed by atoms with Gasteiger partial charge < -0.3 is 4.84 Å². The zero-order valence-electron chi connectivity index (χ0n) is 16.4.